The van der Waals surface area contributed by atoms with Gasteiger partial charge in [0.25, 0.3) is 0 Å². The Morgan fingerprint density at radius 2 is 1.70 bits per heavy atom. The Morgan fingerprint density at radius 3 is 2.25 bits per heavy atom. The Hall–Kier alpha value is -1.35. The van der Waals surface area contributed by atoms with Crippen LogP contribution in [0.1, 0.15) is 55.6 Å². The maximum absolute atomic E-state index is 11.7. The van der Waals surface area contributed by atoms with Gasteiger partial charge in [0.2, 0.25) is 0 Å². The van der Waals surface area contributed by atoms with Crippen LogP contribution >= 0.6 is 0 Å². The lowest BCUT2D eigenvalue weighted by atomic mass is 9.78. The Kier molecular flexibility index (Phi) is 3.79. The SMILES string of the molecule is O=C(O)C1(c2ccc(C3CCOCC3)cc2)CCCC1. The van der Waals surface area contributed by atoms with E-state index in [1.807, 2.05) is 12.1 Å². The van der Waals surface area contributed by atoms with Crippen LogP contribution in [-0.2, 0) is 14.9 Å². The zero-order valence-electron chi connectivity index (χ0n) is 11.8. The van der Waals surface area contributed by atoms with Gasteiger partial charge in [-0.05, 0) is 42.7 Å². The average molecular weight is 274 g/mol. The van der Waals surface area contributed by atoms with Gasteiger partial charge in [-0.1, -0.05) is 37.1 Å². The molecular formula is C17H22O3. The molecule has 0 atom stereocenters. The molecule has 1 N–H and O–H groups in total. The zero-order valence-corrected chi connectivity index (χ0v) is 11.8. The first-order chi connectivity index (χ1) is 9.72. The van der Waals surface area contributed by atoms with Crippen molar-refractivity contribution in [1.29, 1.82) is 0 Å². The third-order valence-electron chi connectivity index (χ3n) is 5.02. The molecule has 1 aliphatic heterocycles. The van der Waals surface area contributed by atoms with E-state index in [0.29, 0.717) is 5.92 Å². The molecule has 1 heterocycles. The normalized spacial score (nSPS) is 22.8. The highest BCUT2D eigenvalue weighted by molar-refractivity contribution is 5.81. The lowest BCUT2D eigenvalue weighted by Gasteiger charge is -2.26. The van der Waals surface area contributed by atoms with Gasteiger partial charge in [-0.2, -0.15) is 0 Å². The van der Waals surface area contributed by atoms with Crippen molar-refractivity contribution in [3.63, 3.8) is 0 Å². The molecule has 0 bridgehead atoms. The van der Waals surface area contributed by atoms with Crippen molar-refractivity contribution in [1.82, 2.24) is 0 Å². The topological polar surface area (TPSA) is 46.5 Å². The fraction of sp³-hybridized carbons (Fsp3) is 0.588. The lowest BCUT2D eigenvalue weighted by molar-refractivity contribution is -0.143. The van der Waals surface area contributed by atoms with Crippen molar-refractivity contribution in [2.75, 3.05) is 13.2 Å². The van der Waals surface area contributed by atoms with Gasteiger partial charge < -0.3 is 9.84 Å². The number of hydrogen-bond donors (Lipinski definition) is 1. The molecule has 3 heteroatoms. The quantitative estimate of drug-likeness (QED) is 0.918. The van der Waals surface area contributed by atoms with Crippen LogP contribution in [0.15, 0.2) is 24.3 Å². The molecule has 0 amide bonds. The average Bonchev–Trinajstić information content (AvgIpc) is 2.99. The number of ether oxygens (including phenoxy) is 1. The first-order valence-corrected chi connectivity index (χ1v) is 7.64. The van der Waals surface area contributed by atoms with Crippen molar-refractivity contribution in [2.45, 2.75) is 49.9 Å². The molecule has 3 rings (SSSR count). The van der Waals surface area contributed by atoms with Crippen LogP contribution in [0.5, 0.6) is 0 Å². The van der Waals surface area contributed by atoms with Crippen LogP contribution in [0.4, 0.5) is 0 Å². The standard InChI is InChI=1S/C17H22O3/c18-16(19)17(9-1-2-10-17)15-5-3-13(4-6-15)14-7-11-20-12-8-14/h3-6,14H,1-2,7-12H2,(H,18,19). The molecule has 20 heavy (non-hydrogen) atoms. The van der Waals surface area contributed by atoms with E-state index in [-0.39, 0.29) is 0 Å². The lowest BCUT2D eigenvalue weighted by Crippen LogP contribution is -2.32. The third-order valence-corrected chi connectivity index (χ3v) is 5.02. The van der Waals surface area contributed by atoms with Gasteiger partial charge in [0.05, 0.1) is 5.41 Å². The summed E-state index contributed by atoms with van der Waals surface area (Å²) >= 11 is 0. The highest BCUT2D eigenvalue weighted by Crippen LogP contribution is 2.42. The highest BCUT2D eigenvalue weighted by atomic mass is 16.5. The number of carboxylic acids is 1. The number of carbonyl (C=O) groups is 1. The number of hydrogen-bond acceptors (Lipinski definition) is 2. The number of benzene rings is 1. The van der Waals surface area contributed by atoms with E-state index in [9.17, 15) is 9.90 Å². The predicted octanol–water partition coefficient (Wildman–Crippen LogP) is 3.48. The number of carboxylic acid groups (broad SMARTS) is 1. The maximum Gasteiger partial charge on any atom is 0.314 e. The molecule has 0 radical (unpaired) electrons. The Bertz CT molecular complexity index is 466. The van der Waals surface area contributed by atoms with Crippen LogP contribution < -0.4 is 0 Å². The fourth-order valence-electron chi connectivity index (χ4n) is 3.71. The zero-order chi connectivity index (χ0) is 14.0. The van der Waals surface area contributed by atoms with Crippen molar-refractivity contribution < 1.29 is 14.6 Å². The predicted molar refractivity (Wildman–Crippen MR) is 77.0 cm³/mol. The van der Waals surface area contributed by atoms with Gasteiger partial charge in [-0.25, -0.2) is 0 Å². The van der Waals surface area contributed by atoms with Crippen LogP contribution in [0, 0.1) is 0 Å². The largest absolute Gasteiger partial charge is 0.481 e. The molecule has 1 saturated carbocycles. The van der Waals surface area contributed by atoms with Gasteiger partial charge >= 0.3 is 5.97 Å². The summed E-state index contributed by atoms with van der Waals surface area (Å²) in [6.07, 6.45) is 5.74. The van der Waals surface area contributed by atoms with Gasteiger partial charge in [0.15, 0.2) is 0 Å². The second-order valence-corrected chi connectivity index (χ2v) is 6.10. The fourth-order valence-corrected chi connectivity index (χ4v) is 3.71. The second kappa shape index (κ2) is 5.57. The van der Waals surface area contributed by atoms with E-state index in [2.05, 4.69) is 12.1 Å². The Labute approximate surface area is 120 Å². The van der Waals surface area contributed by atoms with E-state index in [4.69, 9.17) is 4.74 Å². The molecular weight excluding hydrogens is 252 g/mol. The summed E-state index contributed by atoms with van der Waals surface area (Å²) in [5.41, 5.74) is 1.68. The molecule has 108 valence electrons. The highest BCUT2D eigenvalue weighted by Gasteiger charge is 2.42. The Morgan fingerprint density at radius 1 is 1.10 bits per heavy atom. The van der Waals surface area contributed by atoms with Crippen LogP contribution in [0.25, 0.3) is 0 Å². The van der Waals surface area contributed by atoms with E-state index in [0.717, 1.165) is 57.3 Å². The third kappa shape index (κ3) is 2.35. The summed E-state index contributed by atoms with van der Waals surface area (Å²) in [5.74, 6) is -0.0871. The molecule has 1 aliphatic carbocycles. The van der Waals surface area contributed by atoms with E-state index >= 15 is 0 Å². The summed E-state index contributed by atoms with van der Waals surface area (Å²) in [6.45, 7) is 1.68. The molecule has 2 aliphatic rings. The van der Waals surface area contributed by atoms with E-state index in [1.54, 1.807) is 0 Å². The summed E-state index contributed by atoms with van der Waals surface area (Å²) in [4.78, 5) is 11.7. The van der Waals surface area contributed by atoms with Crippen molar-refractivity contribution in [2.24, 2.45) is 0 Å². The smallest absolute Gasteiger partial charge is 0.314 e. The monoisotopic (exact) mass is 274 g/mol. The molecule has 0 unspecified atom stereocenters. The second-order valence-electron chi connectivity index (χ2n) is 6.10. The van der Waals surface area contributed by atoms with Crippen molar-refractivity contribution in [3.05, 3.63) is 35.4 Å². The summed E-state index contributed by atoms with van der Waals surface area (Å²) in [5, 5.41) is 9.62. The van der Waals surface area contributed by atoms with Gasteiger partial charge in [0, 0.05) is 13.2 Å². The van der Waals surface area contributed by atoms with Crippen LogP contribution in [-0.4, -0.2) is 24.3 Å². The molecule has 1 aromatic rings. The molecule has 0 aromatic heterocycles. The number of rotatable bonds is 3. The van der Waals surface area contributed by atoms with Crippen LogP contribution in [0.2, 0.25) is 0 Å². The minimum Gasteiger partial charge on any atom is -0.481 e. The summed E-state index contributed by atoms with van der Waals surface area (Å²) in [6, 6.07) is 8.36. The first-order valence-electron chi connectivity index (χ1n) is 7.64. The van der Waals surface area contributed by atoms with Crippen molar-refractivity contribution >= 4 is 5.97 Å². The van der Waals surface area contributed by atoms with Crippen molar-refractivity contribution in [3.8, 4) is 0 Å². The van der Waals surface area contributed by atoms with E-state index < -0.39 is 11.4 Å². The van der Waals surface area contributed by atoms with Gasteiger partial charge in [-0.3, -0.25) is 4.79 Å². The minimum atomic E-state index is -0.659. The summed E-state index contributed by atoms with van der Waals surface area (Å²) < 4.78 is 5.40. The molecule has 0 spiro atoms. The van der Waals surface area contributed by atoms with E-state index in [1.165, 1.54) is 5.56 Å². The maximum atomic E-state index is 11.7. The molecule has 2 fully saturated rings. The first kappa shape index (κ1) is 13.6. The summed E-state index contributed by atoms with van der Waals surface area (Å²) in [7, 11) is 0. The van der Waals surface area contributed by atoms with Crippen LogP contribution in [0.3, 0.4) is 0 Å². The minimum absolute atomic E-state index is 0.571. The Balaban J connectivity index is 1.83. The van der Waals surface area contributed by atoms with Gasteiger partial charge in [-0.15, -0.1) is 0 Å². The molecule has 1 aromatic carbocycles. The molecule has 1 saturated heterocycles. The number of aliphatic carboxylic acids is 1. The van der Waals surface area contributed by atoms with Gasteiger partial charge in [0.1, 0.15) is 0 Å². The molecule has 3 nitrogen and oxygen atoms in total.